The zero-order valence-corrected chi connectivity index (χ0v) is 53.0. The molecule has 93 heavy (non-hydrogen) atoms. The van der Waals surface area contributed by atoms with Crippen LogP contribution in [0.1, 0.15) is 62.4 Å². The number of anilines is 3. The lowest BCUT2D eigenvalue weighted by Crippen LogP contribution is -2.16. The maximum Gasteiger partial charge on any atom is 0.0465 e. The quantitative estimate of drug-likeness (QED) is 0.130. The van der Waals surface area contributed by atoms with E-state index in [4.69, 9.17) is 0 Å². The van der Waals surface area contributed by atoms with Crippen LogP contribution >= 0.6 is 0 Å². The number of hydrogen-bond donors (Lipinski definition) is 0. The van der Waals surface area contributed by atoms with Crippen molar-refractivity contribution in [2.24, 2.45) is 0 Å². The van der Waals surface area contributed by atoms with Crippen LogP contribution in [0, 0.1) is 0 Å². The van der Waals surface area contributed by atoms with E-state index >= 15 is 0 Å². The molecule has 0 saturated heterocycles. The topological polar surface area (TPSA) is 3.24 Å². The van der Waals surface area contributed by atoms with Crippen molar-refractivity contribution in [1.82, 2.24) is 0 Å². The van der Waals surface area contributed by atoms with E-state index in [9.17, 15) is 0 Å². The van der Waals surface area contributed by atoms with Gasteiger partial charge in [0.2, 0.25) is 0 Å². The summed E-state index contributed by atoms with van der Waals surface area (Å²) in [5.74, 6) is 0. The molecule has 0 N–H and O–H groups in total. The highest BCUT2D eigenvalue weighted by molar-refractivity contribution is 6.30. The Kier molecular flexibility index (Phi) is 12.4. The second-order valence-electron chi connectivity index (χ2n) is 26.8. The molecular weight excluding hydrogens is 1120 g/mol. The summed E-state index contributed by atoms with van der Waals surface area (Å²) in [6.07, 6.45) is 1.02. The molecule has 2 aliphatic carbocycles. The summed E-state index contributed by atoms with van der Waals surface area (Å²) in [5, 5.41) is 15.1. The summed E-state index contributed by atoms with van der Waals surface area (Å²) >= 11 is 0. The summed E-state index contributed by atoms with van der Waals surface area (Å²) in [4.78, 5) is 2.38. The van der Waals surface area contributed by atoms with Crippen LogP contribution in [0.4, 0.5) is 17.1 Å². The molecular formula is C92H67N. The third kappa shape index (κ3) is 8.26. The van der Waals surface area contributed by atoms with E-state index < -0.39 is 0 Å². The molecule has 0 aliphatic heterocycles. The van der Waals surface area contributed by atoms with Gasteiger partial charge in [-0.05, 0) is 231 Å². The molecule has 0 spiro atoms. The maximum absolute atomic E-state index is 2.53. The molecule has 0 radical (unpaired) electrons. The molecule has 0 heterocycles. The minimum atomic E-state index is -0.274. The third-order valence-electron chi connectivity index (χ3n) is 21.2. The fourth-order valence-electron chi connectivity index (χ4n) is 16.7. The molecule has 0 aromatic heterocycles. The van der Waals surface area contributed by atoms with Crippen molar-refractivity contribution in [3.8, 4) is 77.9 Å². The first-order chi connectivity index (χ1) is 45.6. The van der Waals surface area contributed by atoms with Crippen molar-refractivity contribution in [2.45, 2.75) is 51.9 Å². The molecule has 0 bridgehead atoms. The average Bonchev–Trinajstić information content (AvgIpc) is 1.68. The van der Waals surface area contributed by atoms with E-state index in [2.05, 4.69) is 343 Å². The molecule has 16 aromatic rings. The number of fused-ring (bicyclic) bond motifs is 12. The van der Waals surface area contributed by atoms with Crippen LogP contribution in [0.2, 0.25) is 0 Å². The number of hydrogen-bond acceptors (Lipinski definition) is 1. The predicted molar refractivity (Wildman–Crippen MR) is 398 cm³/mol. The highest BCUT2D eigenvalue weighted by atomic mass is 15.1. The van der Waals surface area contributed by atoms with Gasteiger partial charge in [0.05, 0.1) is 0 Å². The van der Waals surface area contributed by atoms with Gasteiger partial charge in [0.1, 0.15) is 0 Å². The molecule has 1 nitrogen and oxygen atoms in total. The first-order valence-electron chi connectivity index (χ1n) is 33.0. The van der Waals surface area contributed by atoms with Gasteiger partial charge in [-0.3, -0.25) is 0 Å². The minimum absolute atomic E-state index is 0.260. The first kappa shape index (κ1) is 54.8. The summed E-state index contributed by atoms with van der Waals surface area (Å²) in [7, 11) is 0. The summed E-state index contributed by atoms with van der Waals surface area (Å²) in [5.41, 5.74) is 27.6. The molecule has 1 heteroatoms. The van der Waals surface area contributed by atoms with E-state index in [0.717, 1.165) is 23.5 Å². The molecule has 0 saturated carbocycles. The standard InChI is InChI=1S/C92H67N/c1-6-57-41-43-58(44-42-57)85-69-29-13-15-31-71(69)86(72-32-16-14-30-70(72)85)59-45-49-65-66-50-46-60(54-82(66)91(2,3)81(65)53-59)87-73-33-17-21-37-77(73)89(78-38-22-18-34-74(78)87)90-79-39-23-19-35-75(79)88(76-36-20-24-40-80(76)90)61-47-51-67-68-52-48-64(56-84(68)92(4,5)83(67)55-61)93(62-25-9-7-10-26-62)63-27-11-8-12-28-63/h7-56H,6H2,1-5H3. The van der Waals surface area contributed by atoms with Gasteiger partial charge in [-0.25, -0.2) is 0 Å². The molecule has 2 aliphatic rings. The number of nitrogens with zero attached hydrogens (tertiary/aromatic N) is 1. The van der Waals surface area contributed by atoms with Gasteiger partial charge >= 0.3 is 0 Å². The molecule has 440 valence electrons. The number of rotatable bonds is 9. The maximum atomic E-state index is 2.53. The largest absolute Gasteiger partial charge is 0.310 e. The molecule has 0 amide bonds. The third-order valence-corrected chi connectivity index (χ3v) is 21.2. The number of benzene rings is 16. The van der Waals surface area contributed by atoms with Crippen molar-refractivity contribution in [2.75, 3.05) is 4.90 Å². The van der Waals surface area contributed by atoms with Crippen LogP contribution in [-0.4, -0.2) is 0 Å². The number of aryl methyl sites for hydroxylation is 1. The summed E-state index contributed by atoms with van der Waals surface area (Å²) in [6.45, 7) is 11.9. The average molecular weight is 1190 g/mol. The van der Waals surface area contributed by atoms with Gasteiger partial charge in [-0.1, -0.05) is 283 Å². The SMILES string of the molecule is CCc1ccc(-c2c3ccccc3c(-c3ccc4c(c3)C(C)(C)c3cc(-c5c6ccccc6c(-c6c7ccccc7c(-c7ccc8c(c7)C(C)(C)c7cc(N(c9ccccc9)c9ccccc9)ccc7-8)c7ccccc67)c6ccccc56)ccc3-4)c3ccccc23)cc1. The Morgan fingerprint density at radius 3 is 0.774 bits per heavy atom. The van der Waals surface area contributed by atoms with Gasteiger partial charge in [0, 0.05) is 27.9 Å². The Hall–Kier alpha value is -11.1. The predicted octanol–water partition coefficient (Wildman–Crippen LogP) is 25.6. The fraction of sp³-hybridized carbons (Fsp3) is 0.0870. The smallest absolute Gasteiger partial charge is 0.0465 e. The second kappa shape index (κ2) is 21.0. The lowest BCUT2D eigenvalue weighted by molar-refractivity contribution is 0.660. The van der Waals surface area contributed by atoms with Gasteiger partial charge in [0.15, 0.2) is 0 Å². The first-order valence-corrected chi connectivity index (χ1v) is 33.0. The number of para-hydroxylation sites is 2. The lowest BCUT2D eigenvalue weighted by Gasteiger charge is -2.28. The lowest BCUT2D eigenvalue weighted by atomic mass is 9.78. The fourth-order valence-corrected chi connectivity index (χ4v) is 16.7. The van der Waals surface area contributed by atoms with Gasteiger partial charge in [-0.15, -0.1) is 0 Å². The molecule has 0 unspecified atom stereocenters. The van der Waals surface area contributed by atoms with Gasteiger partial charge < -0.3 is 4.90 Å². The highest BCUT2D eigenvalue weighted by Crippen LogP contribution is 2.57. The Morgan fingerprint density at radius 2 is 0.473 bits per heavy atom. The van der Waals surface area contributed by atoms with E-state index in [1.54, 1.807) is 0 Å². The van der Waals surface area contributed by atoms with Crippen molar-refractivity contribution in [3.63, 3.8) is 0 Å². The normalized spacial score (nSPS) is 13.4. The zero-order chi connectivity index (χ0) is 62.3. The Morgan fingerprint density at radius 1 is 0.226 bits per heavy atom. The van der Waals surface area contributed by atoms with Crippen LogP contribution in [0.5, 0.6) is 0 Å². The van der Waals surface area contributed by atoms with Crippen molar-refractivity contribution >= 4 is 81.7 Å². The van der Waals surface area contributed by atoms with Crippen LogP contribution in [0.3, 0.4) is 0 Å². The minimum Gasteiger partial charge on any atom is -0.310 e. The van der Waals surface area contributed by atoms with Crippen LogP contribution in [0.25, 0.3) is 143 Å². The van der Waals surface area contributed by atoms with E-state index in [1.807, 2.05) is 0 Å². The van der Waals surface area contributed by atoms with Gasteiger partial charge in [-0.2, -0.15) is 0 Å². The molecule has 0 fully saturated rings. The van der Waals surface area contributed by atoms with Crippen molar-refractivity contribution in [1.29, 1.82) is 0 Å². The van der Waals surface area contributed by atoms with Gasteiger partial charge in [0.25, 0.3) is 0 Å². The molecule has 16 aromatic carbocycles. The second-order valence-corrected chi connectivity index (χ2v) is 26.8. The van der Waals surface area contributed by atoms with Crippen molar-refractivity contribution < 1.29 is 0 Å². The Labute approximate surface area is 544 Å². The van der Waals surface area contributed by atoms with E-state index in [1.165, 1.54) is 170 Å². The van der Waals surface area contributed by atoms with E-state index in [-0.39, 0.29) is 10.8 Å². The molecule has 0 atom stereocenters. The van der Waals surface area contributed by atoms with Crippen LogP contribution in [-0.2, 0) is 17.3 Å². The molecule has 18 rings (SSSR count). The monoisotopic (exact) mass is 1190 g/mol. The Bertz CT molecular complexity index is 5560. The highest BCUT2D eigenvalue weighted by Gasteiger charge is 2.39. The summed E-state index contributed by atoms with van der Waals surface area (Å²) < 4.78 is 0. The Balaban J connectivity index is 0.759. The van der Waals surface area contributed by atoms with E-state index in [0.29, 0.717) is 0 Å². The summed E-state index contributed by atoms with van der Waals surface area (Å²) in [6, 6.07) is 115. The van der Waals surface area contributed by atoms with Crippen LogP contribution < -0.4 is 4.90 Å². The van der Waals surface area contributed by atoms with Crippen molar-refractivity contribution in [3.05, 3.63) is 331 Å². The zero-order valence-electron chi connectivity index (χ0n) is 53.0. The van der Waals surface area contributed by atoms with Crippen LogP contribution in [0.15, 0.2) is 303 Å².